The zero-order valence-electron chi connectivity index (χ0n) is 14.3. The third kappa shape index (κ3) is 6.75. The Morgan fingerprint density at radius 1 is 1.17 bits per heavy atom. The largest absolute Gasteiger partial charge is 0.381 e. The molecule has 2 fully saturated rings. The van der Waals surface area contributed by atoms with Crippen molar-refractivity contribution in [2.75, 3.05) is 26.3 Å². The average Bonchev–Trinajstić information content (AvgIpc) is 2.50. The van der Waals surface area contributed by atoms with Crippen LogP contribution >= 0.6 is 24.8 Å². The van der Waals surface area contributed by atoms with Crippen LogP contribution in [0.5, 0.6) is 0 Å². The molecule has 3 unspecified atom stereocenters. The third-order valence-electron chi connectivity index (χ3n) is 5.12. The van der Waals surface area contributed by atoms with Gasteiger partial charge in [-0.15, -0.1) is 24.8 Å². The molecule has 23 heavy (non-hydrogen) atoms. The monoisotopic (exact) mass is 369 g/mol. The van der Waals surface area contributed by atoms with Crippen LogP contribution in [0.25, 0.3) is 0 Å². The van der Waals surface area contributed by atoms with E-state index in [0.717, 1.165) is 32.6 Å². The minimum Gasteiger partial charge on any atom is -0.381 e. The average molecular weight is 370 g/mol. The van der Waals surface area contributed by atoms with Crippen LogP contribution < -0.4 is 11.1 Å². The number of rotatable bonds is 5. The highest BCUT2D eigenvalue weighted by Crippen LogP contribution is 2.21. The molecular formula is C16H33Cl2N3O2. The summed E-state index contributed by atoms with van der Waals surface area (Å²) in [6.07, 6.45) is 5.64. The molecule has 0 saturated carbocycles. The van der Waals surface area contributed by atoms with Gasteiger partial charge in [-0.1, -0.05) is 6.42 Å². The maximum Gasteiger partial charge on any atom is 0.237 e. The second-order valence-electron chi connectivity index (χ2n) is 6.63. The Morgan fingerprint density at radius 2 is 1.74 bits per heavy atom. The highest BCUT2D eigenvalue weighted by atomic mass is 35.5. The summed E-state index contributed by atoms with van der Waals surface area (Å²) in [6, 6.07) is 0.856. The molecule has 3 N–H and O–H groups in total. The Labute approximate surface area is 152 Å². The van der Waals surface area contributed by atoms with Gasteiger partial charge in [0, 0.05) is 38.4 Å². The van der Waals surface area contributed by atoms with E-state index in [2.05, 4.69) is 24.1 Å². The summed E-state index contributed by atoms with van der Waals surface area (Å²) < 4.78 is 5.32. The topological polar surface area (TPSA) is 67.6 Å². The number of halogens is 2. The fourth-order valence-electron chi connectivity index (χ4n) is 3.63. The van der Waals surface area contributed by atoms with Gasteiger partial charge >= 0.3 is 0 Å². The van der Waals surface area contributed by atoms with Crippen molar-refractivity contribution in [1.29, 1.82) is 0 Å². The SMILES string of the molecule is CC1CCCC(C)N1CCNC(=O)C(N)C1CCOCC1.Cl.Cl. The molecule has 0 aliphatic carbocycles. The molecule has 2 rings (SSSR count). The van der Waals surface area contributed by atoms with Crippen molar-refractivity contribution in [2.45, 2.75) is 64.1 Å². The van der Waals surface area contributed by atoms with Crippen LogP contribution in [0, 0.1) is 5.92 Å². The fraction of sp³-hybridized carbons (Fsp3) is 0.938. The lowest BCUT2D eigenvalue weighted by Gasteiger charge is -2.39. The summed E-state index contributed by atoms with van der Waals surface area (Å²) in [4.78, 5) is 14.7. The van der Waals surface area contributed by atoms with E-state index in [-0.39, 0.29) is 42.7 Å². The maximum atomic E-state index is 12.2. The molecule has 7 heteroatoms. The quantitative estimate of drug-likeness (QED) is 0.777. The van der Waals surface area contributed by atoms with Crippen molar-refractivity contribution < 1.29 is 9.53 Å². The van der Waals surface area contributed by atoms with Crippen molar-refractivity contribution in [1.82, 2.24) is 10.2 Å². The zero-order valence-corrected chi connectivity index (χ0v) is 16.0. The van der Waals surface area contributed by atoms with Crippen LogP contribution in [0.3, 0.4) is 0 Å². The Bertz CT molecular complexity index is 331. The normalized spacial score (nSPS) is 27.4. The van der Waals surface area contributed by atoms with Crippen molar-refractivity contribution >= 4 is 30.7 Å². The zero-order chi connectivity index (χ0) is 15.2. The first kappa shape index (κ1) is 22.9. The number of carbonyl (C=O) groups is 1. The van der Waals surface area contributed by atoms with Gasteiger partial charge < -0.3 is 15.8 Å². The van der Waals surface area contributed by atoms with E-state index in [9.17, 15) is 4.79 Å². The predicted octanol–water partition coefficient (Wildman–Crippen LogP) is 1.96. The predicted molar refractivity (Wildman–Crippen MR) is 98.5 cm³/mol. The number of piperidine rings is 1. The standard InChI is InChI=1S/C16H31N3O2.2ClH/c1-12-4-3-5-13(2)19(12)9-8-18-16(20)15(17)14-6-10-21-11-7-14;;/h12-15H,3-11,17H2,1-2H3,(H,18,20);2*1H. The van der Waals surface area contributed by atoms with E-state index >= 15 is 0 Å². The van der Waals surface area contributed by atoms with Gasteiger partial charge in [0.25, 0.3) is 0 Å². The summed E-state index contributed by atoms with van der Waals surface area (Å²) in [5.74, 6) is 0.269. The molecule has 2 aliphatic rings. The maximum absolute atomic E-state index is 12.2. The van der Waals surface area contributed by atoms with E-state index in [1.165, 1.54) is 19.3 Å². The van der Waals surface area contributed by atoms with Gasteiger partial charge in [-0.2, -0.15) is 0 Å². The van der Waals surface area contributed by atoms with Crippen molar-refractivity contribution in [3.8, 4) is 0 Å². The first-order valence-corrected chi connectivity index (χ1v) is 8.46. The van der Waals surface area contributed by atoms with Crippen LogP contribution in [-0.4, -0.2) is 55.2 Å². The van der Waals surface area contributed by atoms with Gasteiger partial charge in [0.05, 0.1) is 6.04 Å². The molecule has 0 aromatic carbocycles. The number of carbonyl (C=O) groups excluding carboxylic acids is 1. The molecule has 3 atom stereocenters. The number of nitrogens with two attached hydrogens (primary N) is 1. The number of nitrogens with zero attached hydrogens (tertiary/aromatic N) is 1. The summed E-state index contributed by atoms with van der Waals surface area (Å²) in [6.45, 7) is 7.65. The molecule has 2 heterocycles. The second kappa shape index (κ2) is 11.5. The summed E-state index contributed by atoms with van der Waals surface area (Å²) in [7, 11) is 0. The molecule has 5 nitrogen and oxygen atoms in total. The molecule has 138 valence electrons. The minimum absolute atomic E-state index is 0. The summed E-state index contributed by atoms with van der Waals surface area (Å²) >= 11 is 0. The van der Waals surface area contributed by atoms with Crippen LogP contribution in [-0.2, 0) is 9.53 Å². The van der Waals surface area contributed by atoms with Crippen molar-refractivity contribution in [3.63, 3.8) is 0 Å². The number of nitrogens with one attached hydrogen (secondary N) is 1. The lowest BCUT2D eigenvalue weighted by Crippen LogP contribution is -2.51. The Kier molecular flexibility index (Phi) is 11.4. The molecule has 1 amide bonds. The first-order valence-electron chi connectivity index (χ1n) is 8.46. The van der Waals surface area contributed by atoms with E-state index < -0.39 is 0 Å². The Hall–Kier alpha value is -0.0700. The van der Waals surface area contributed by atoms with E-state index in [4.69, 9.17) is 10.5 Å². The molecule has 2 saturated heterocycles. The number of hydrogen-bond acceptors (Lipinski definition) is 4. The number of ether oxygens (including phenoxy) is 1. The lowest BCUT2D eigenvalue weighted by atomic mass is 9.92. The summed E-state index contributed by atoms with van der Waals surface area (Å²) in [5, 5.41) is 3.02. The smallest absolute Gasteiger partial charge is 0.237 e. The van der Waals surface area contributed by atoms with Crippen LogP contribution in [0.15, 0.2) is 0 Å². The third-order valence-corrected chi connectivity index (χ3v) is 5.12. The summed E-state index contributed by atoms with van der Waals surface area (Å²) in [5.41, 5.74) is 6.08. The number of amides is 1. The van der Waals surface area contributed by atoms with Crippen LogP contribution in [0.2, 0.25) is 0 Å². The van der Waals surface area contributed by atoms with Gasteiger partial charge in [-0.3, -0.25) is 9.69 Å². The van der Waals surface area contributed by atoms with E-state index in [1.54, 1.807) is 0 Å². The van der Waals surface area contributed by atoms with Gasteiger partial charge in [-0.25, -0.2) is 0 Å². The molecule has 0 bridgehead atoms. The number of hydrogen-bond donors (Lipinski definition) is 2. The van der Waals surface area contributed by atoms with Crippen LogP contribution in [0.4, 0.5) is 0 Å². The van der Waals surface area contributed by atoms with Crippen LogP contribution in [0.1, 0.15) is 46.0 Å². The Morgan fingerprint density at radius 3 is 2.30 bits per heavy atom. The first-order chi connectivity index (χ1) is 10.1. The van der Waals surface area contributed by atoms with Gasteiger partial charge in [0.2, 0.25) is 5.91 Å². The highest BCUT2D eigenvalue weighted by molar-refractivity contribution is 5.85. The lowest BCUT2D eigenvalue weighted by molar-refractivity contribution is -0.124. The van der Waals surface area contributed by atoms with Crippen molar-refractivity contribution in [2.24, 2.45) is 11.7 Å². The number of likely N-dealkylation sites (tertiary alicyclic amines) is 1. The molecular weight excluding hydrogens is 337 g/mol. The minimum atomic E-state index is -0.384. The molecule has 2 aliphatic heterocycles. The van der Waals surface area contributed by atoms with Gasteiger partial charge in [0.1, 0.15) is 0 Å². The fourth-order valence-corrected chi connectivity index (χ4v) is 3.63. The van der Waals surface area contributed by atoms with Gasteiger partial charge in [-0.05, 0) is 45.4 Å². The second-order valence-corrected chi connectivity index (χ2v) is 6.63. The molecule has 0 radical (unpaired) electrons. The molecule has 0 aromatic rings. The Balaban J connectivity index is 0.00000242. The molecule has 0 spiro atoms. The van der Waals surface area contributed by atoms with E-state index in [1.807, 2.05) is 0 Å². The van der Waals surface area contributed by atoms with Gasteiger partial charge in [0.15, 0.2) is 0 Å². The van der Waals surface area contributed by atoms with E-state index in [0.29, 0.717) is 18.6 Å². The van der Waals surface area contributed by atoms with Crippen molar-refractivity contribution in [3.05, 3.63) is 0 Å². The molecule has 0 aromatic heterocycles. The highest BCUT2D eigenvalue weighted by Gasteiger charge is 2.27.